The van der Waals surface area contributed by atoms with Crippen molar-refractivity contribution in [1.29, 1.82) is 0 Å². The summed E-state index contributed by atoms with van der Waals surface area (Å²) in [5.41, 5.74) is 4.22. The number of hydrogen-bond donors (Lipinski definition) is 1. The van der Waals surface area contributed by atoms with E-state index in [1.54, 1.807) is 5.57 Å². The lowest BCUT2D eigenvalue weighted by molar-refractivity contribution is 0.421. The summed E-state index contributed by atoms with van der Waals surface area (Å²) in [5.74, 6) is 1.53. The molecule has 0 bridgehead atoms. The van der Waals surface area contributed by atoms with Crippen LogP contribution in [0.5, 0.6) is 0 Å². The van der Waals surface area contributed by atoms with Gasteiger partial charge in [-0.15, -0.1) is 0 Å². The molecule has 0 aromatic heterocycles. The maximum atomic E-state index is 3.58. The molecule has 0 saturated heterocycles. The monoisotopic (exact) mass is 243 g/mol. The van der Waals surface area contributed by atoms with Gasteiger partial charge in [-0.2, -0.15) is 0 Å². The molecule has 0 amide bonds. The molecule has 0 saturated carbocycles. The Balaban J connectivity index is 1.86. The molecule has 1 aliphatic carbocycles. The first kappa shape index (κ1) is 13.2. The van der Waals surface area contributed by atoms with E-state index in [9.17, 15) is 0 Å². The van der Waals surface area contributed by atoms with E-state index in [2.05, 4.69) is 56.4 Å². The summed E-state index contributed by atoms with van der Waals surface area (Å²) in [6, 6.07) is 8.84. The van der Waals surface area contributed by atoms with Crippen molar-refractivity contribution < 1.29 is 0 Å². The van der Waals surface area contributed by atoms with E-state index in [-0.39, 0.29) is 0 Å². The number of anilines is 1. The molecule has 1 heteroatoms. The van der Waals surface area contributed by atoms with Crippen LogP contribution in [0.1, 0.15) is 39.2 Å². The molecule has 0 aliphatic heterocycles. The van der Waals surface area contributed by atoms with Crippen LogP contribution < -0.4 is 5.32 Å². The van der Waals surface area contributed by atoms with Crippen LogP contribution in [0, 0.1) is 11.8 Å². The van der Waals surface area contributed by atoms with Gasteiger partial charge in [0.05, 0.1) is 0 Å². The summed E-state index contributed by atoms with van der Waals surface area (Å²) in [4.78, 5) is 0. The molecule has 1 aromatic carbocycles. The number of rotatable bonds is 4. The van der Waals surface area contributed by atoms with Crippen molar-refractivity contribution >= 4 is 5.69 Å². The zero-order chi connectivity index (χ0) is 13.0. The van der Waals surface area contributed by atoms with Crippen molar-refractivity contribution in [2.75, 3.05) is 11.9 Å². The van der Waals surface area contributed by atoms with Gasteiger partial charge in [0, 0.05) is 12.2 Å². The second-order valence-corrected chi connectivity index (χ2v) is 5.73. The maximum Gasteiger partial charge on any atom is 0.0340 e. The maximum absolute atomic E-state index is 3.58. The highest BCUT2D eigenvalue weighted by Gasteiger charge is 2.17. The summed E-state index contributed by atoms with van der Waals surface area (Å²) in [7, 11) is 0. The van der Waals surface area contributed by atoms with Crippen molar-refractivity contribution in [1.82, 2.24) is 0 Å². The fourth-order valence-corrected chi connectivity index (χ4v) is 2.96. The summed E-state index contributed by atoms with van der Waals surface area (Å²) in [5, 5.41) is 3.58. The lowest BCUT2D eigenvalue weighted by atomic mass is 9.84. The molecule has 2 rings (SSSR count). The third kappa shape index (κ3) is 3.63. The summed E-state index contributed by atoms with van der Waals surface area (Å²) in [6.07, 6.45) is 6.11. The standard InChI is InChI=1S/C17H25N/c1-4-15-5-7-17(8-6-15)18-12-16-10-13(2)9-14(3)11-16/h5-9,13,16,18H,4,10-12H2,1-3H3. The molecule has 1 nitrogen and oxygen atoms in total. The molecule has 2 unspecified atom stereocenters. The van der Waals surface area contributed by atoms with Crippen molar-refractivity contribution in [3.8, 4) is 0 Å². The number of allylic oxidation sites excluding steroid dienone is 2. The van der Waals surface area contributed by atoms with E-state index >= 15 is 0 Å². The molecule has 1 N–H and O–H groups in total. The third-order valence-electron chi connectivity index (χ3n) is 3.84. The van der Waals surface area contributed by atoms with Gasteiger partial charge >= 0.3 is 0 Å². The van der Waals surface area contributed by atoms with E-state index in [0.717, 1.165) is 24.8 Å². The molecule has 1 aliphatic rings. The Hall–Kier alpha value is -1.24. The van der Waals surface area contributed by atoms with E-state index < -0.39 is 0 Å². The first-order valence-corrected chi connectivity index (χ1v) is 7.17. The van der Waals surface area contributed by atoms with Gasteiger partial charge < -0.3 is 5.32 Å². The minimum absolute atomic E-state index is 0.744. The highest BCUT2D eigenvalue weighted by Crippen LogP contribution is 2.28. The molecule has 0 radical (unpaired) electrons. The fourth-order valence-electron chi connectivity index (χ4n) is 2.96. The predicted octanol–water partition coefficient (Wildman–Crippen LogP) is 4.65. The summed E-state index contributed by atoms with van der Waals surface area (Å²) < 4.78 is 0. The van der Waals surface area contributed by atoms with Gasteiger partial charge in [0.2, 0.25) is 0 Å². The Kier molecular flexibility index (Phi) is 4.46. The summed E-state index contributed by atoms with van der Waals surface area (Å²) in [6.45, 7) is 7.88. The molecular weight excluding hydrogens is 218 g/mol. The molecule has 0 heterocycles. The topological polar surface area (TPSA) is 12.0 Å². The average Bonchev–Trinajstić information content (AvgIpc) is 2.36. The van der Waals surface area contributed by atoms with Crippen LogP contribution in [0.15, 0.2) is 35.9 Å². The van der Waals surface area contributed by atoms with Crippen LogP contribution in [-0.2, 0) is 6.42 Å². The average molecular weight is 243 g/mol. The van der Waals surface area contributed by atoms with Crippen molar-refractivity contribution in [2.45, 2.75) is 40.0 Å². The van der Waals surface area contributed by atoms with E-state index in [0.29, 0.717) is 0 Å². The van der Waals surface area contributed by atoms with Crippen molar-refractivity contribution in [2.24, 2.45) is 11.8 Å². The van der Waals surface area contributed by atoms with Gasteiger partial charge in [-0.1, -0.05) is 37.6 Å². The molecular formula is C17H25N. The largest absolute Gasteiger partial charge is 0.385 e. The van der Waals surface area contributed by atoms with E-state index in [1.165, 1.54) is 24.1 Å². The Bertz CT molecular complexity index is 402. The van der Waals surface area contributed by atoms with Crippen LogP contribution in [-0.4, -0.2) is 6.54 Å². The normalized spacial score (nSPS) is 23.6. The quantitative estimate of drug-likeness (QED) is 0.759. The summed E-state index contributed by atoms with van der Waals surface area (Å²) >= 11 is 0. The van der Waals surface area contributed by atoms with Gasteiger partial charge in [-0.05, 0) is 55.7 Å². The lowest BCUT2D eigenvalue weighted by Crippen LogP contribution is -2.20. The minimum Gasteiger partial charge on any atom is -0.385 e. The highest BCUT2D eigenvalue weighted by atomic mass is 14.9. The smallest absolute Gasteiger partial charge is 0.0340 e. The van der Waals surface area contributed by atoms with Crippen molar-refractivity contribution in [3.05, 3.63) is 41.5 Å². The van der Waals surface area contributed by atoms with Gasteiger partial charge in [-0.3, -0.25) is 0 Å². The molecule has 98 valence electrons. The first-order valence-electron chi connectivity index (χ1n) is 7.17. The van der Waals surface area contributed by atoms with Crippen LogP contribution >= 0.6 is 0 Å². The SMILES string of the molecule is CCc1ccc(NCC2CC(C)=CC(C)C2)cc1. The number of hydrogen-bond acceptors (Lipinski definition) is 1. The number of aryl methyl sites for hydroxylation is 1. The molecule has 0 fully saturated rings. The lowest BCUT2D eigenvalue weighted by Gasteiger charge is -2.26. The molecule has 0 spiro atoms. The zero-order valence-corrected chi connectivity index (χ0v) is 11.9. The van der Waals surface area contributed by atoms with Gasteiger partial charge in [0.15, 0.2) is 0 Å². The van der Waals surface area contributed by atoms with Crippen LogP contribution in [0.4, 0.5) is 5.69 Å². The van der Waals surface area contributed by atoms with Crippen LogP contribution in [0.25, 0.3) is 0 Å². The van der Waals surface area contributed by atoms with Gasteiger partial charge in [-0.25, -0.2) is 0 Å². The van der Waals surface area contributed by atoms with E-state index in [1.807, 2.05) is 0 Å². The Morgan fingerprint density at radius 1 is 1.22 bits per heavy atom. The number of benzene rings is 1. The molecule has 18 heavy (non-hydrogen) atoms. The van der Waals surface area contributed by atoms with Gasteiger partial charge in [0.25, 0.3) is 0 Å². The Morgan fingerprint density at radius 3 is 2.56 bits per heavy atom. The molecule has 2 atom stereocenters. The van der Waals surface area contributed by atoms with Crippen molar-refractivity contribution in [3.63, 3.8) is 0 Å². The fraction of sp³-hybridized carbons (Fsp3) is 0.529. The highest BCUT2D eigenvalue weighted by molar-refractivity contribution is 5.44. The van der Waals surface area contributed by atoms with Gasteiger partial charge in [0.1, 0.15) is 0 Å². The Morgan fingerprint density at radius 2 is 1.94 bits per heavy atom. The van der Waals surface area contributed by atoms with Crippen LogP contribution in [0.3, 0.4) is 0 Å². The first-order chi connectivity index (χ1) is 8.67. The Labute approximate surface area is 111 Å². The third-order valence-corrected chi connectivity index (χ3v) is 3.84. The minimum atomic E-state index is 0.744. The van der Waals surface area contributed by atoms with Crippen LogP contribution in [0.2, 0.25) is 0 Å². The zero-order valence-electron chi connectivity index (χ0n) is 11.9. The molecule has 1 aromatic rings. The second kappa shape index (κ2) is 6.08. The predicted molar refractivity (Wildman–Crippen MR) is 80.0 cm³/mol. The number of nitrogens with one attached hydrogen (secondary N) is 1. The second-order valence-electron chi connectivity index (χ2n) is 5.73. The van der Waals surface area contributed by atoms with E-state index in [4.69, 9.17) is 0 Å².